The molecule has 0 unspecified atom stereocenters. The molecule has 0 spiro atoms. The van der Waals surface area contributed by atoms with E-state index < -0.39 is 5.97 Å². The Hall–Kier alpha value is -1.88. The lowest BCUT2D eigenvalue weighted by Crippen LogP contribution is -2.40. The van der Waals surface area contributed by atoms with Crippen molar-refractivity contribution in [3.63, 3.8) is 0 Å². The summed E-state index contributed by atoms with van der Waals surface area (Å²) in [6, 6.07) is 3.96. The van der Waals surface area contributed by atoms with Crippen molar-refractivity contribution >= 4 is 35.1 Å². The highest BCUT2D eigenvalue weighted by atomic mass is 35.5. The number of aromatic carboxylic acids is 1. The van der Waals surface area contributed by atoms with Crippen molar-refractivity contribution in [2.75, 3.05) is 4.90 Å². The number of piperidine rings is 1. The summed E-state index contributed by atoms with van der Waals surface area (Å²) in [5.74, 6) is -1.81. The number of halogens is 1. The van der Waals surface area contributed by atoms with Crippen LogP contribution in [-0.2, 0) is 9.59 Å². The topological polar surface area (TPSA) is 74.7 Å². The number of hydrogen-bond acceptors (Lipinski definition) is 3. The van der Waals surface area contributed by atoms with E-state index in [9.17, 15) is 14.4 Å². The molecule has 0 atom stereocenters. The maximum atomic E-state index is 11.7. The molecule has 6 heteroatoms. The smallest absolute Gasteiger partial charge is 0.335 e. The molecule has 0 aromatic heterocycles. The molecule has 1 fully saturated rings. The maximum absolute atomic E-state index is 11.7. The van der Waals surface area contributed by atoms with Crippen LogP contribution in [0.25, 0.3) is 0 Å². The van der Waals surface area contributed by atoms with Gasteiger partial charge in [0.1, 0.15) is 0 Å². The predicted octanol–water partition coefficient (Wildman–Crippen LogP) is 2.08. The number of benzene rings is 1. The fourth-order valence-corrected chi connectivity index (χ4v) is 2.10. The van der Waals surface area contributed by atoms with Crippen molar-refractivity contribution in [1.29, 1.82) is 0 Å². The Morgan fingerprint density at radius 3 is 2.33 bits per heavy atom. The van der Waals surface area contributed by atoms with Gasteiger partial charge in [0.05, 0.1) is 11.3 Å². The molecular weight excluding hydrogens is 258 g/mol. The number of carbonyl (C=O) groups is 3. The maximum Gasteiger partial charge on any atom is 0.335 e. The molecule has 94 valence electrons. The zero-order valence-electron chi connectivity index (χ0n) is 9.35. The van der Waals surface area contributed by atoms with Gasteiger partial charge in [-0.2, -0.15) is 0 Å². The third kappa shape index (κ3) is 2.36. The summed E-state index contributed by atoms with van der Waals surface area (Å²) < 4.78 is 0. The van der Waals surface area contributed by atoms with Crippen molar-refractivity contribution < 1.29 is 19.5 Å². The second-order valence-corrected chi connectivity index (χ2v) is 4.42. The van der Waals surface area contributed by atoms with Gasteiger partial charge in [-0.3, -0.25) is 14.5 Å². The monoisotopic (exact) mass is 267 g/mol. The highest BCUT2D eigenvalue weighted by Crippen LogP contribution is 2.26. The van der Waals surface area contributed by atoms with Crippen LogP contribution in [0.15, 0.2) is 18.2 Å². The standard InChI is InChI=1S/C12H10ClNO4/c13-8-4-7(12(17)18)5-9(6-8)14-10(15)2-1-3-11(14)16/h4-6H,1-3H2,(H,17,18). The Morgan fingerprint density at radius 1 is 1.17 bits per heavy atom. The number of anilines is 1. The van der Waals surface area contributed by atoms with E-state index in [-0.39, 0.29) is 40.9 Å². The second-order valence-electron chi connectivity index (χ2n) is 3.98. The molecule has 1 aromatic rings. The van der Waals surface area contributed by atoms with E-state index >= 15 is 0 Å². The van der Waals surface area contributed by atoms with Crippen LogP contribution in [0.1, 0.15) is 29.6 Å². The number of carboxylic acid groups (broad SMARTS) is 1. The van der Waals surface area contributed by atoms with E-state index in [1.54, 1.807) is 0 Å². The number of imide groups is 1. The fraction of sp³-hybridized carbons (Fsp3) is 0.250. The molecule has 0 radical (unpaired) electrons. The molecular formula is C12H10ClNO4. The first kappa shape index (κ1) is 12.6. The van der Waals surface area contributed by atoms with Gasteiger partial charge in [0.25, 0.3) is 0 Å². The van der Waals surface area contributed by atoms with Gasteiger partial charge in [0.15, 0.2) is 0 Å². The molecule has 2 rings (SSSR count). The van der Waals surface area contributed by atoms with Gasteiger partial charge in [-0.1, -0.05) is 11.6 Å². The lowest BCUT2D eigenvalue weighted by atomic mass is 10.1. The van der Waals surface area contributed by atoms with E-state index in [0.717, 1.165) is 4.90 Å². The first-order valence-corrected chi connectivity index (χ1v) is 5.76. The number of amides is 2. The number of rotatable bonds is 2. The SMILES string of the molecule is O=C(O)c1cc(Cl)cc(N2C(=O)CCCC2=O)c1. The summed E-state index contributed by atoms with van der Waals surface area (Å²) in [6.45, 7) is 0. The molecule has 1 aromatic carbocycles. The summed E-state index contributed by atoms with van der Waals surface area (Å²) in [7, 11) is 0. The van der Waals surface area contributed by atoms with Gasteiger partial charge >= 0.3 is 5.97 Å². The van der Waals surface area contributed by atoms with Crippen molar-refractivity contribution in [2.24, 2.45) is 0 Å². The van der Waals surface area contributed by atoms with Crippen LogP contribution in [0.5, 0.6) is 0 Å². The van der Waals surface area contributed by atoms with Crippen LogP contribution < -0.4 is 4.90 Å². The molecule has 18 heavy (non-hydrogen) atoms. The molecule has 5 nitrogen and oxygen atoms in total. The third-order valence-electron chi connectivity index (χ3n) is 2.67. The number of nitrogens with zero attached hydrogens (tertiary/aromatic N) is 1. The van der Waals surface area contributed by atoms with Crippen LogP contribution >= 0.6 is 11.6 Å². The van der Waals surface area contributed by atoms with Crippen LogP contribution in [-0.4, -0.2) is 22.9 Å². The first-order chi connectivity index (χ1) is 8.49. The largest absolute Gasteiger partial charge is 0.478 e. The molecule has 1 aliphatic rings. The van der Waals surface area contributed by atoms with Crippen molar-refractivity contribution in [3.05, 3.63) is 28.8 Å². The highest BCUT2D eigenvalue weighted by molar-refractivity contribution is 6.31. The minimum Gasteiger partial charge on any atom is -0.478 e. The average molecular weight is 268 g/mol. The first-order valence-electron chi connectivity index (χ1n) is 5.38. The van der Waals surface area contributed by atoms with Crippen LogP contribution in [0.3, 0.4) is 0 Å². The van der Waals surface area contributed by atoms with Crippen LogP contribution in [0.4, 0.5) is 5.69 Å². The van der Waals surface area contributed by atoms with E-state index in [1.807, 2.05) is 0 Å². The molecule has 0 saturated carbocycles. The van der Waals surface area contributed by atoms with Gasteiger partial charge < -0.3 is 5.11 Å². The molecule has 1 N–H and O–H groups in total. The second kappa shape index (κ2) is 4.78. The lowest BCUT2D eigenvalue weighted by Gasteiger charge is -2.25. The Bertz CT molecular complexity index is 525. The Balaban J connectivity index is 2.46. The normalized spacial score (nSPS) is 15.9. The van der Waals surface area contributed by atoms with E-state index in [0.29, 0.717) is 6.42 Å². The fourth-order valence-electron chi connectivity index (χ4n) is 1.87. The number of carboxylic acids is 1. The van der Waals surface area contributed by atoms with Crippen LogP contribution in [0, 0.1) is 0 Å². The van der Waals surface area contributed by atoms with Crippen molar-refractivity contribution in [3.8, 4) is 0 Å². The quantitative estimate of drug-likeness (QED) is 0.833. The molecule has 2 amide bonds. The highest BCUT2D eigenvalue weighted by Gasteiger charge is 2.28. The molecule has 1 aliphatic heterocycles. The van der Waals surface area contributed by atoms with Gasteiger partial charge in [-0.05, 0) is 24.6 Å². The Labute approximate surface area is 108 Å². The average Bonchev–Trinajstić information content (AvgIpc) is 2.28. The summed E-state index contributed by atoms with van der Waals surface area (Å²) >= 11 is 5.80. The number of carbonyl (C=O) groups excluding carboxylic acids is 2. The summed E-state index contributed by atoms with van der Waals surface area (Å²) in [5.41, 5.74) is 0.165. The van der Waals surface area contributed by atoms with Crippen molar-refractivity contribution in [2.45, 2.75) is 19.3 Å². The summed E-state index contributed by atoms with van der Waals surface area (Å²) in [6.07, 6.45) is 1.09. The van der Waals surface area contributed by atoms with E-state index in [2.05, 4.69) is 0 Å². The zero-order valence-corrected chi connectivity index (χ0v) is 10.1. The van der Waals surface area contributed by atoms with E-state index in [4.69, 9.17) is 16.7 Å². The summed E-state index contributed by atoms with van der Waals surface area (Å²) in [5, 5.41) is 9.09. The third-order valence-corrected chi connectivity index (χ3v) is 2.89. The van der Waals surface area contributed by atoms with Gasteiger partial charge in [0.2, 0.25) is 11.8 Å². The van der Waals surface area contributed by atoms with Gasteiger partial charge in [0, 0.05) is 17.9 Å². The summed E-state index contributed by atoms with van der Waals surface area (Å²) in [4.78, 5) is 35.3. The van der Waals surface area contributed by atoms with Crippen molar-refractivity contribution in [1.82, 2.24) is 0 Å². The predicted molar refractivity (Wildman–Crippen MR) is 64.8 cm³/mol. The molecule has 0 aliphatic carbocycles. The number of hydrogen-bond donors (Lipinski definition) is 1. The van der Waals surface area contributed by atoms with Gasteiger partial charge in [-0.15, -0.1) is 0 Å². The minimum absolute atomic E-state index is 0.0522. The van der Waals surface area contributed by atoms with Crippen LogP contribution in [0.2, 0.25) is 5.02 Å². The van der Waals surface area contributed by atoms with E-state index in [1.165, 1.54) is 18.2 Å². The zero-order chi connectivity index (χ0) is 13.3. The lowest BCUT2D eigenvalue weighted by molar-refractivity contribution is -0.129. The van der Waals surface area contributed by atoms with Gasteiger partial charge in [-0.25, -0.2) is 4.79 Å². The Morgan fingerprint density at radius 2 is 1.78 bits per heavy atom. The molecule has 0 bridgehead atoms. The molecule has 1 saturated heterocycles. The Kier molecular flexibility index (Phi) is 3.34. The minimum atomic E-state index is -1.16. The molecule has 1 heterocycles.